The number of nitrogens with one attached hydrogen (secondary N) is 2. The minimum atomic E-state index is -4.69. The van der Waals surface area contributed by atoms with Crippen molar-refractivity contribution in [3.8, 4) is 0 Å². The van der Waals surface area contributed by atoms with E-state index >= 15 is 0 Å². The molecule has 128 valence electrons. The standard InChI is InChI=1S/C11H15F3N6O2S/c1-6-7(2)9-17-18-10(11(12,13)14)20(9)19-8(6)16-4-5-23(21,22)15-3/h15H,4-5H2,1-3H3,(H,16,19). The number of aryl methyl sites for hydroxylation is 1. The SMILES string of the molecule is CNS(=O)(=O)CCNc1nn2c(C(F)(F)F)nnc2c(C)c1C. The van der Waals surface area contributed by atoms with E-state index in [1.807, 2.05) is 0 Å². The van der Waals surface area contributed by atoms with Gasteiger partial charge in [-0.15, -0.1) is 15.3 Å². The first-order valence-corrected chi connectivity index (χ1v) is 8.17. The predicted octanol–water partition coefficient (Wildman–Crippen LogP) is 0.721. The highest BCUT2D eigenvalue weighted by atomic mass is 32.2. The minimum absolute atomic E-state index is 0.00298. The Morgan fingerprint density at radius 1 is 1.17 bits per heavy atom. The highest BCUT2D eigenvalue weighted by molar-refractivity contribution is 7.89. The van der Waals surface area contributed by atoms with Gasteiger partial charge >= 0.3 is 6.18 Å². The first-order chi connectivity index (χ1) is 10.6. The topological polar surface area (TPSA) is 101 Å². The Balaban J connectivity index is 2.39. The largest absolute Gasteiger partial charge is 0.453 e. The van der Waals surface area contributed by atoms with E-state index in [0.29, 0.717) is 15.6 Å². The molecule has 0 fully saturated rings. The van der Waals surface area contributed by atoms with Gasteiger partial charge in [0.1, 0.15) is 5.82 Å². The number of anilines is 1. The van der Waals surface area contributed by atoms with Gasteiger partial charge in [0.15, 0.2) is 5.65 Å². The van der Waals surface area contributed by atoms with Crippen molar-refractivity contribution >= 4 is 21.5 Å². The van der Waals surface area contributed by atoms with Crippen molar-refractivity contribution in [2.24, 2.45) is 0 Å². The van der Waals surface area contributed by atoms with E-state index in [2.05, 4.69) is 25.3 Å². The zero-order valence-corrected chi connectivity index (χ0v) is 13.4. The molecule has 23 heavy (non-hydrogen) atoms. The lowest BCUT2D eigenvalue weighted by atomic mass is 10.2. The van der Waals surface area contributed by atoms with Crippen molar-refractivity contribution in [1.29, 1.82) is 0 Å². The van der Waals surface area contributed by atoms with Gasteiger partial charge in [0, 0.05) is 12.1 Å². The van der Waals surface area contributed by atoms with Crippen LogP contribution in [0.5, 0.6) is 0 Å². The van der Waals surface area contributed by atoms with E-state index in [4.69, 9.17) is 0 Å². The van der Waals surface area contributed by atoms with Gasteiger partial charge in [-0.3, -0.25) is 0 Å². The quantitative estimate of drug-likeness (QED) is 0.822. The van der Waals surface area contributed by atoms with Crippen molar-refractivity contribution in [1.82, 2.24) is 24.5 Å². The molecular formula is C11H15F3N6O2S. The van der Waals surface area contributed by atoms with E-state index in [1.54, 1.807) is 13.8 Å². The maximum Gasteiger partial charge on any atom is 0.453 e. The van der Waals surface area contributed by atoms with Crippen LogP contribution in [0, 0.1) is 13.8 Å². The molecule has 0 atom stereocenters. The first-order valence-electron chi connectivity index (χ1n) is 6.51. The summed E-state index contributed by atoms with van der Waals surface area (Å²) in [5, 5.41) is 13.2. The van der Waals surface area contributed by atoms with Crippen LogP contribution in [-0.4, -0.2) is 47.6 Å². The number of halogens is 3. The van der Waals surface area contributed by atoms with Crippen LogP contribution in [0.4, 0.5) is 19.0 Å². The van der Waals surface area contributed by atoms with Crippen molar-refractivity contribution in [3.05, 3.63) is 17.0 Å². The fourth-order valence-electron chi connectivity index (χ4n) is 1.88. The van der Waals surface area contributed by atoms with Gasteiger partial charge in [0.05, 0.1) is 5.75 Å². The average Bonchev–Trinajstić information content (AvgIpc) is 2.88. The summed E-state index contributed by atoms with van der Waals surface area (Å²) in [5.74, 6) is -1.33. The lowest BCUT2D eigenvalue weighted by Gasteiger charge is -2.12. The third-order valence-corrected chi connectivity index (χ3v) is 4.69. The summed E-state index contributed by atoms with van der Waals surface area (Å²) in [6, 6.07) is 0. The summed E-state index contributed by atoms with van der Waals surface area (Å²) in [6.45, 7) is 3.24. The molecular weight excluding hydrogens is 337 g/mol. The molecule has 0 radical (unpaired) electrons. The highest BCUT2D eigenvalue weighted by Crippen LogP contribution is 2.29. The Labute approximate surface area is 130 Å². The van der Waals surface area contributed by atoms with Crippen LogP contribution in [0.3, 0.4) is 0 Å². The van der Waals surface area contributed by atoms with Gasteiger partial charge in [0.2, 0.25) is 10.0 Å². The number of hydrogen-bond donors (Lipinski definition) is 2. The monoisotopic (exact) mass is 352 g/mol. The van der Waals surface area contributed by atoms with Crippen LogP contribution in [0.25, 0.3) is 5.65 Å². The number of hydrogen-bond acceptors (Lipinski definition) is 6. The minimum Gasteiger partial charge on any atom is -0.367 e. The molecule has 12 heteroatoms. The molecule has 0 spiro atoms. The third-order valence-electron chi connectivity index (χ3n) is 3.32. The Hall–Kier alpha value is -1.95. The maximum absolute atomic E-state index is 12.9. The molecule has 0 saturated heterocycles. The molecule has 8 nitrogen and oxygen atoms in total. The summed E-state index contributed by atoms with van der Waals surface area (Å²) in [4.78, 5) is 0. The molecule has 2 aromatic heterocycles. The number of fused-ring (bicyclic) bond motifs is 1. The summed E-state index contributed by atoms with van der Waals surface area (Å²) in [6.07, 6.45) is -4.69. The summed E-state index contributed by atoms with van der Waals surface area (Å²) < 4.78 is 64.2. The third kappa shape index (κ3) is 3.52. The Bertz CT molecular complexity index is 830. The fraction of sp³-hybridized carbons (Fsp3) is 0.545. The van der Waals surface area contributed by atoms with Gasteiger partial charge in [-0.2, -0.15) is 17.7 Å². The lowest BCUT2D eigenvalue weighted by Crippen LogP contribution is -2.26. The average molecular weight is 352 g/mol. The maximum atomic E-state index is 12.9. The van der Waals surface area contributed by atoms with Crippen molar-refractivity contribution in [2.45, 2.75) is 20.0 Å². The van der Waals surface area contributed by atoms with E-state index in [0.717, 1.165) is 0 Å². The summed E-state index contributed by atoms with van der Waals surface area (Å²) in [7, 11) is -2.15. The van der Waals surface area contributed by atoms with E-state index < -0.39 is 22.0 Å². The second-order valence-corrected chi connectivity index (χ2v) is 6.85. The summed E-state index contributed by atoms with van der Waals surface area (Å²) >= 11 is 0. The molecule has 0 saturated carbocycles. The van der Waals surface area contributed by atoms with Crippen molar-refractivity contribution in [2.75, 3.05) is 24.7 Å². The van der Waals surface area contributed by atoms with E-state index in [-0.39, 0.29) is 23.8 Å². The molecule has 0 aromatic carbocycles. The van der Waals surface area contributed by atoms with Gasteiger partial charge in [-0.1, -0.05) is 0 Å². The molecule has 0 aliphatic carbocycles. The van der Waals surface area contributed by atoms with Crippen LogP contribution in [0.1, 0.15) is 17.0 Å². The van der Waals surface area contributed by atoms with Crippen LogP contribution < -0.4 is 10.0 Å². The normalized spacial score (nSPS) is 12.8. The van der Waals surface area contributed by atoms with Crippen LogP contribution in [0.2, 0.25) is 0 Å². The van der Waals surface area contributed by atoms with Crippen LogP contribution in [-0.2, 0) is 16.2 Å². The molecule has 2 heterocycles. The highest BCUT2D eigenvalue weighted by Gasteiger charge is 2.38. The summed E-state index contributed by atoms with van der Waals surface area (Å²) in [5.41, 5.74) is 1.05. The molecule has 0 unspecified atom stereocenters. The van der Waals surface area contributed by atoms with Gasteiger partial charge in [-0.25, -0.2) is 13.1 Å². The number of sulfonamides is 1. The molecule has 0 aliphatic rings. The fourth-order valence-corrected chi connectivity index (χ4v) is 2.45. The molecule has 0 amide bonds. The van der Waals surface area contributed by atoms with Gasteiger partial charge in [0.25, 0.3) is 5.82 Å². The molecule has 0 aliphatic heterocycles. The van der Waals surface area contributed by atoms with Crippen LogP contribution >= 0.6 is 0 Å². The van der Waals surface area contributed by atoms with E-state index in [9.17, 15) is 21.6 Å². The van der Waals surface area contributed by atoms with Crippen molar-refractivity contribution in [3.63, 3.8) is 0 Å². The lowest BCUT2D eigenvalue weighted by molar-refractivity contribution is -0.146. The molecule has 2 aromatic rings. The zero-order chi connectivity index (χ0) is 17.4. The number of nitrogens with zero attached hydrogens (tertiary/aromatic N) is 4. The van der Waals surface area contributed by atoms with Crippen molar-refractivity contribution < 1.29 is 21.6 Å². The second kappa shape index (κ2) is 5.92. The first kappa shape index (κ1) is 17.4. The van der Waals surface area contributed by atoms with E-state index in [1.165, 1.54) is 7.05 Å². The Morgan fingerprint density at radius 2 is 1.83 bits per heavy atom. The number of aromatic nitrogens is 4. The molecule has 0 bridgehead atoms. The molecule has 2 N–H and O–H groups in total. The van der Waals surface area contributed by atoms with Gasteiger partial charge < -0.3 is 5.32 Å². The Kier molecular flexibility index (Phi) is 4.48. The second-order valence-electron chi connectivity index (χ2n) is 4.81. The zero-order valence-electron chi connectivity index (χ0n) is 12.6. The number of alkyl halides is 3. The molecule has 2 rings (SSSR count). The number of rotatable bonds is 5. The van der Waals surface area contributed by atoms with Gasteiger partial charge in [-0.05, 0) is 26.5 Å². The predicted molar refractivity (Wildman–Crippen MR) is 76.6 cm³/mol. The smallest absolute Gasteiger partial charge is 0.367 e. The van der Waals surface area contributed by atoms with Crippen LogP contribution in [0.15, 0.2) is 0 Å². The Morgan fingerprint density at radius 3 is 2.39 bits per heavy atom.